The Bertz CT molecular complexity index is 150. The Morgan fingerprint density at radius 1 is 0.941 bits per heavy atom. The van der Waals surface area contributed by atoms with Crippen LogP contribution in [0.15, 0.2) is 0 Å². The van der Waals surface area contributed by atoms with E-state index in [1.54, 1.807) is 35.3 Å². The molecular formula is C10H20Cl2O2S3. The molecule has 0 saturated heterocycles. The lowest BCUT2D eigenvalue weighted by Gasteiger charge is -2.11. The van der Waals surface area contributed by atoms with Gasteiger partial charge in [0.2, 0.25) is 0 Å². The zero-order valence-electron chi connectivity index (χ0n) is 9.69. The molecule has 0 aliphatic heterocycles. The fraction of sp³-hybridized carbons (Fsp3) is 1.00. The molecule has 0 radical (unpaired) electrons. The van der Waals surface area contributed by atoms with E-state index in [1.165, 1.54) is 0 Å². The molecule has 0 amide bonds. The van der Waals surface area contributed by atoms with E-state index in [4.69, 9.17) is 28.3 Å². The number of hydrogen-bond acceptors (Lipinski definition) is 5. The summed E-state index contributed by atoms with van der Waals surface area (Å²) in [6.07, 6.45) is -0.276. The van der Waals surface area contributed by atoms with Crippen molar-refractivity contribution in [2.75, 3.05) is 47.0 Å². The Balaban J connectivity index is 3.29. The second-order valence-electron chi connectivity index (χ2n) is 3.35. The lowest BCUT2D eigenvalue weighted by molar-refractivity contribution is 0.225. The summed E-state index contributed by atoms with van der Waals surface area (Å²) < 4.78 is 0. The van der Waals surface area contributed by atoms with Gasteiger partial charge in [0, 0.05) is 40.4 Å². The molecule has 2 atom stereocenters. The highest BCUT2D eigenvalue weighted by Gasteiger charge is 2.08. The smallest absolute Gasteiger partial charge is 0.0720 e. The van der Waals surface area contributed by atoms with Crippen molar-refractivity contribution in [2.45, 2.75) is 11.5 Å². The van der Waals surface area contributed by atoms with Gasteiger partial charge in [-0.25, -0.2) is 0 Å². The van der Waals surface area contributed by atoms with Gasteiger partial charge >= 0.3 is 0 Å². The maximum atomic E-state index is 9.64. The van der Waals surface area contributed by atoms with Crippen LogP contribution in [0.2, 0.25) is 0 Å². The molecule has 0 aromatic rings. The van der Waals surface area contributed by atoms with Crippen molar-refractivity contribution in [3.63, 3.8) is 0 Å². The van der Waals surface area contributed by atoms with E-state index in [-0.39, 0.29) is 18.1 Å². The van der Waals surface area contributed by atoms with Gasteiger partial charge in [0.1, 0.15) is 0 Å². The maximum absolute atomic E-state index is 9.64. The van der Waals surface area contributed by atoms with Crippen molar-refractivity contribution in [3.8, 4) is 0 Å². The molecule has 2 nitrogen and oxygen atoms in total. The normalized spacial score (nSPS) is 14.8. The van der Waals surface area contributed by atoms with Crippen molar-refractivity contribution in [1.82, 2.24) is 0 Å². The van der Waals surface area contributed by atoms with Crippen molar-refractivity contribution < 1.29 is 10.2 Å². The van der Waals surface area contributed by atoms with Crippen LogP contribution in [0.1, 0.15) is 0 Å². The van der Waals surface area contributed by atoms with Crippen LogP contribution in [-0.2, 0) is 0 Å². The Morgan fingerprint density at radius 2 is 1.53 bits per heavy atom. The van der Waals surface area contributed by atoms with Gasteiger partial charge in [0.15, 0.2) is 0 Å². The minimum absolute atomic E-state index is 0.110. The zero-order chi connectivity index (χ0) is 12.9. The van der Waals surface area contributed by atoms with Gasteiger partial charge in [-0.2, -0.15) is 35.3 Å². The Labute approximate surface area is 127 Å². The summed E-state index contributed by atoms with van der Waals surface area (Å²) in [6, 6.07) is 0. The van der Waals surface area contributed by atoms with Gasteiger partial charge in [-0.15, -0.1) is 23.2 Å². The van der Waals surface area contributed by atoms with Gasteiger partial charge in [-0.1, -0.05) is 0 Å². The second kappa shape index (κ2) is 14.0. The molecule has 2 unspecified atom stereocenters. The summed E-state index contributed by atoms with van der Waals surface area (Å²) in [5.41, 5.74) is 0. The van der Waals surface area contributed by atoms with Crippen molar-refractivity contribution >= 4 is 58.5 Å². The lowest BCUT2D eigenvalue weighted by atomic mass is 10.5. The van der Waals surface area contributed by atoms with E-state index in [2.05, 4.69) is 0 Å². The average molecular weight is 339 g/mol. The highest BCUT2D eigenvalue weighted by Crippen LogP contribution is 2.15. The molecule has 0 aliphatic rings. The summed E-state index contributed by atoms with van der Waals surface area (Å²) >= 11 is 16.7. The molecule has 0 heterocycles. The van der Waals surface area contributed by atoms with Crippen LogP contribution < -0.4 is 0 Å². The van der Waals surface area contributed by atoms with E-state index in [1.807, 2.05) is 0 Å². The summed E-state index contributed by atoms with van der Waals surface area (Å²) in [5.74, 6) is 5.43. The van der Waals surface area contributed by atoms with Gasteiger partial charge in [0.25, 0.3) is 0 Å². The number of halogens is 2. The molecule has 0 spiro atoms. The molecule has 17 heavy (non-hydrogen) atoms. The molecule has 0 fully saturated rings. The second-order valence-corrected chi connectivity index (χ2v) is 7.72. The van der Waals surface area contributed by atoms with Crippen LogP contribution in [0.4, 0.5) is 0 Å². The topological polar surface area (TPSA) is 40.5 Å². The highest BCUT2D eigenvalue weighted by molar-refractivity contribution is 8.00. The fourth-order valence-electron chi connectivity index (χ4n) is 0.978. The lowest BCUT2D eigenvalue weighted by Crippen LogP contribution is -2.16. The Hall–Kier alpha value is 1.55. The highest BCUT2D eigenvalue weighted by atomic mass is 35.5. The Kier molecular flexibility index (Phi) is 15.2. The predicted molar refractivity (Wildman–Crippen MR) is 85.4 cm³/mol. The van der Waals surface area contributed by atoms with Crippen LogP contribution in [-0.4, -0.2) is 68.7 Å². The minimum Gasteiger partial charge on any atom is -0.396 e. The predicted octanol–water partition coefficient (Wildman–Crippen LogP) is 2.39. The molecule has 0 aliphatic carbocycles. The first-order chi connectivity index (χ1) is 8.20. The third kappa shape index (κ3) is 13.8. The molecule has 0 saturated carbocycles. The molecule has 0 rings (SSSR count). The summed E-state index contributed by atoms with van der Waals surface area (Å²) in [5, 5.41) is 18.4. The number of rotatable bonds is 12. The summed E-state index contributed by atoms with van der Waals surface area (Å²) in [4.78, 5) is 0. The van der Waals surface area contributed by atoms with Crippen molar-refractivity contribution in [1.29, 1.82) is 0 Å². The van der Waals surface area contributed by atoms with Crippen LogP contribution >= 0.6 is 58.5 Å². The first-order valence-corrected chi connectivity index (χ1v) is 9.86. The molecule has 0 aromatic heterocycles. The quantitative estimate of drug-likeness (QED) is 0.422. The van der Waals surface area contributed by atoms with E-state index in [9.17, 15) is 5.11 Å². The van der Waals surface area contributed by atoms with Crippen molar-refractivity contribution in [3.05, 3.63) is 0 Å². The van der Waals surface area contributed by atoms with Crippen LogP contribution in [0.25, 0.3) is 0 Å². The molecule has 7 heteroatoms. The molecule has 104 valence electrons. The monoisotopic (exact) mass is 338 g/mol. The molecule has 0 aromatic carbocycles. The number of alkyl halides is 2. The summed E-state index contributed by atoms with van der Waals surface area (Å²) in [7, 11) is 0. The largest absolute Gasteiger partial charge is 0.396 e. The van der Waals surface area contributed by atoms with Crippen LogP contribution in [0, 0.1) is 0 Å². The number of thioether (sulfide) groups is 3. The standard InChI is InChI=1S/C10H20Cl2O2S3/c11-1-3-15-7-10(14)8-17-6-9(12)5-16-4-2-13/h9-10,13-14H,1-8H2. The van der Waals surface area contributed by atoms with E-state index >= 15 is 0 Å². The third-order valence-electron chi connectivity index (χ3n) is 1.67. The van der Waals surface area contributed by atoms with Crippen molar-refractivity contribution in [2.24, 2.45) is 0 Å². The van der Waals surface area contributed by atoms with Gasteiger partial charge in [0.05, 0.1) is 18.1 Å². The SMILES string of the molecule is OCCSCC(Cl)CSCC(O)CSCCCl. The first kappa shape index (κ1) is 18.6. The zero-order valence-corrected chi connectivity index (χ0v) is 13.6. The third-order valence-corrected chi connectivity index (χ3v) is 6.24. The maximum Gasteiger partial charge on any atom is 0.0720 e. The van der Waals surface area contributed by atoms with E-state index < -0.39 is 0 Å². The molecule has 0 bridgehead atoms. The van der Waals surface area contributed by atoms with Gasteiger partial charge < -0.3 is 10.2 Å². The number of aliphatic hydroxyl groups is 2. The molecule has 2 N–H and O–H groups in total. The summed E-state index contributed by atoms with van der Waals surface area (Å²) in [6.45, 7) is 0.206. The van der Waals surface area contributed by atoms with E-state index in [0.717, 1.165) is 34.5 Å². The van der Waals surface area contributed by atoms with Crippen LogP contribution in [0.3, 0.4) is 0 Å². The fourth-order valence-corrected chi connectivity index (χ4v) is 4.37. The first-order valence-electron chi connectivity index (χ1n) is 5.42. The van der Waals surface area contributed by atoms with Crippen LogP contribution in [0.5, 0.6) is 0 Å². The molecular weight excluding hydrogens is 319 g/mol. The average Bonchev–Trinajstić information content (AvgIpc) is 2.30. The van der Waals surface area contributed by atoms with Gasteiger partial charge in [-0.05, 0) is 0 Å². The minimum atomic E-state index is -0.276. The number of hydrogen-bond donors (Lipinski definition) is 2. The Morgan fingerprint density at radius 3 is 2.18 bits per heavy atom. The number of aliphatic hydroxyl groups excluding tert-OH is 2. The van der Waals surface area contributed by atoms with E-state index in [0.29, 0.717) is 5.88 Å². The van der Waals surface area contributed by atoms with Gasteiger partial charge in [-0.3, -0.25) is 0 Å².